The van der Waals surface area contributed by atoms with E-state index in [-0.39, 0.29) is 11.3 Å². The molecule has 1 N–H and O–H groups in total. The lowest BCUT2D eigenvalue weighted by Gasteiger charge is -2.34. The number of nitrogens with one attached hydrogen (secondary N) is 1. The van der Waals surface area contributed by atoms with Crippen molar-refractivity contribution in [3.05, 3.63) is 80.6 Å². The van der Waals surface area contributed by atoms with Crippen molar-refractivity contribution < 1.29 is 4.79 Å². The molecule has 4 rings (SSSR count). The van der Waals surface area contributed by atoms with Gasteiger partial charge in [-0.1, -0.05) is 62.2 Å². The summed E-state index contributed by atoms with van der Waals surface area (Å²) < 4.78 is 0. The zero-order valence-electron chi connectivity index (χ0n) is 18.6. The summed E-state index contributed by atoms with van der Waals surface area (Å²) in [5.41, 5.74) is 6.39. The third kappa shape index (κ3) is 4.14. The van der Waals surface area contributed by atoms with Gasteiger partial charge in [-0.2, -0.15) is 0 Å². The van der Waals surface area contributed by atoms with Crippen LogP contribution >= 0.6 is 23.2 Å². The van der Waals surface area contributed by atoms with Crippen molar-refractivity contribution in [3.8, 4) is 0 Å². The molecule has 0 bridgehead atoms. The van der Waals surface area contributed by atoms with E-state index in [1.165, 1.54) is 0 Å². The van der Waals surface area contributed by atoms with E-state index in [9.17, 15) is 4.79 Å². The Morgan fingerprint density at radius 2 is 1.65 bits per heavy atom. The standard InChI is InChI=1S/C26H28Cl2N2O/c1-15-6-9-18(13-21(15)27)29-24-20-12-17(26(3,4)5)8-11-23(20)30(25(24)31)19-10-7-16(2)22(28)14-19/h6-7,9-11,13-14,17,29H,8,12H2,1-5H3/t17-/m0/s1. The highest BCUT2D eigenvalue weighted by Crippen LogP contribution is 2.46. The van der Waals surface area contributed by atoms with Gasteiger partial charge in [-0.3, -0.25) is 9.69 Å². The number of allylic oxidation sites excluding steroid dienone is 2. The van der Waals surface area contributed by atoms with Crippen molar-refractivity contribution >= 4 is 40.5 Å². The maximum absolute atomic E-state index is 13.7. The van der Waals surface area contributed by atoms with E-state index >= 15 is 0 Å². The Bertz CT molecular complexity index is 1120. The highest BCUT2D eigenvalue weighted by Gasteiger charge is 2.41. The largest absolute Gasteiger partial charge is 0.351 e. The first-order valence-electron chi connectivity index (χ1n) is 10.6. The van der Waals surface area contributed by atoms with E-state index in [1.807, 2.05) is 50.2 Å². The average molecular weight is 455 g/mol. The molecule has 0 saturated heterocycles. The molecule has 0 unspecified atom stereocenters. The third-order valence-corrected chi connectivity index (χ3v) is 7.21. The van der Waals surface area contributed by atoms with Gasteiger partial charge in [-0.05, 0) is 73.4 Å². The number of hydrogen-bond acceptors (Lipinski definition) is 2. The number of rotatable bonds is 3. The lowest BCUT2D eigenvalue weighted by atomic mass is 9.72. The Hall–Kier alpha value is -2.23. The fraction of sp³-hybridized carbons (Fsp3) is 0.346. The molecule has 1 aliphatic heterocycles. The molecule has 5 heteroatoms. The smallest absolute Gasteiger partial charge is 0.279 e. The molecule has 1 aliphatic carbocycles. The number of anilines is 2. The molecule has 2 aromatic carbocycles. The molecule has 1 amide bonds. The topological polar surface area (TPSA) is 32.3 Å². The van der Waals surface area contributed by atoms with Crippen LogP contribution in [0.4, 0.5) is 11.4 Å². The van der Waals surface area contributed by atoms with Gasteiger partial charge in [-0.15, -0.1) is 0 Å². The molecular formula is C26H28Cl2N2O. The van der Waals surface area contributed by atoms with Crippen molar-refractivity contribution in [2.24, 2.45) is 11.3 Å². The molecule has 2 aromatic rings. The van der Waals surface area contributed by atoms with Crippen molar-refractivity contribution in [1.29, 1.82) is 0 Å². The van der Waals surface area contributed by atoms with Crippen LogP contribution in [0.25, 0.3) is 0 Å². The lowest BCUT2D eigenvalue weighted by Crippen LogP contribution is -2.29. The van der Waals surface area contributed by atoms with Crippen LogP contribution in [0.1, 0.15) is 44.7 Å². The number of carbonyl (C=O) groups excluding carboxylic acids is 1. The minimum absolute atomic E-state index is 0.0626. The van der Waals surface area contributed by atoms with Crippen LogP contribution in [-0.2, 0) is 4.79 Å². The van der Waals surface area contributed by atoms with Crippen LogP contribution in [-0.4, -0.2) is 5.91 Å². The van der Waals surface area contributed by atoms with Gasteiger partial charge in [-0.25, -0.2) is 0 Å². The van der Waals surface area contributed by atoms with E-state index < -0.39 is 0 Å². The summed E-state index contributed by atoms with van der Waals surface area (Å²) in [7, 11) is 0. The molecule has 3 nitrogen and oxygen atoms in total. The molecule has 162 valence electrons. The van der Waals surface area contributed by atoms with E-state index in [0.717, 1.165) is 46.6 Å². The molecule has 31 heavy (non-hydrogen) atoms. The van der Waals surface area contributed by atoms with Gasteiger partial charge in [0.05, 0.1) is 11.4 Å². The number of fused-ring (bicyclic) bond motifs is 1. The Morgan fingerprint density at radius 3 is 2.26 bits per heavy atom. The number of amides is 1. The van der Waals surface area contributed by atoms with Gasteiger partial charge < -0.3 is 5.32 Å². The molecule has 0 radical (unpaired) electrons. The molecule has 0 aromatic heterocycles. The second-order valence-corrected chi connectivity index (χ2v) is 10.4. The molecule has 1 heterocycles. The predicted octanol–water partition coefficient (Wildman–Crippen LogP) is 7.66. The van der Waals surface area contributed by atoms with Crippen LogP contribution in [0.3, 0.4) is 0 Å². The number of halogens is 2. The van der Waals surface area contributed by atoms with Crippen LogP contribution in [0.5, 0.6) is 0 Å². The summed E-state index contributed by atoms with van der Waals surface area (Å²) in [6, 6.07) is 11.6. The van der Waals surface area contributed by atoms with E-state index in [4.69, 9.17) is 23.2 Å². The van der Waals surface area contributed by atoms with E-state index in [0.29, 0.717) is 21.7 Å². The average Bonchev–Trinajstić information content (AvgIpc) is 2.97. The van der Waals surface area contributed by atoms with E-state index in [2.05, 4.69) is 32.2 Å². The molecule has 1 atom stereocenters. The zero-order valence-corrected chi connectivity index (χ0v) is 20.2. The SMILES string of the molecule is Cc1ccc(NC2=C3C[C@@H](C(C)(C)C)CC=C3N(c3ccc(C)c(Cl)c3)C2=O)cc1Cl. The number of nitrogens with zero attached hydrogens (tertiary/aromatic N) is 1. The Kier molecular flexibility index (Phi) is 5.70. The highest BCUT2D eigenvalue weighted by atomic mass is 35.5. The van der Waals surface area contributed by atoms with Crippen molar-refractivity contribution in [2.45, 2.75) is 47.5 Å². The third-order valence-electron chi connectivity index (χ3n) is 6.39. The fourth-order valence-corrected chi connectivity index (χ4v) is 4.55. The fourth-order valence-electron chi connectivity index (χ4n) is 4.20. The van der Waals surface area contributed by atoms with Gasteiger partial charge in [0.2, 0.25) is 0 Å². The van der Waals surface area contributed by atoms with Crippen molar-refractivity contribution in [3.63, 3.8) is 0 Å². The van der Waals surface area contributed by atoms with Crippen LogP contribution in [0, 0.1) is 25.2 Å². The minimum atomic E-state index is -0.0626. The minimum Gasteiger partial charge on any atom is -0.351 e. The first-order valence-corrected chi connectivity index (χ1v) is 11.4. The second-order valence-electron chi connectivity index (χ2n) is 9.61. The molecule has 2 aliphatic rings. The van der Waals surface area contributed by atoms with Gasteiger partial charge in [0.15, 0.2) is 0 Å². The summed E-state index contributed by atoms with van der Waals surface area (Å²) in [6.07, 6.45) is 3.99. The molecule has 0 saturated carbocycles. The van der Waals surface area contributed by atoms with Gasteiger partial charge in [0, 0.05) is 21.3 Å². The first kappa shape index (κ1) is 22.0. The summed E-state index contributed by atoms with van der Waals surface area (Å²) >= 11 is 12.7. The summed E-state index contributed by atoms with van der Waals surface area (Å²) in [5.74, 6) is 0.395. The van der Waals surface area contributed by atoms with Crippen LogP contribution in [0.2, 0.25) is 10.0 Å². The quantitative estimate of drug-likeness (QED) is 0.515. The van der Waals surface area contributed by atoms with Gasteiger partial charge in [0.1, 0.15) is 5.70 Å². The van der Waals surface area contributed by atoms with E-state index in [1.54, 1.807) is 4.90 Å². The number of carbonyl (C=O) groups is 1. The highest BCUT2D eigenvalue weighted by molar-refractivity contribution is 6.32. The normalized spacial score (nSPS) is 18.9. The van der Waals surface area contributed by atoms with Crippen molar-refractivity contribution in [1.82, 2.24) is 0 Å². The Morgan fingerprint density at radius 1 is 1.00 bits per heavy atom. The predicted molar refractivity (Wildman–Crippen MR) is 131 cm³/mol. The summed E-state index contributed by atoms with van der Waals surface area (Å²) in [6.45, 7) is 10.7. The number of benzene rings is 2. The van der Waals surface area contributed by atoms with Crippen molar-refractivity contribution in [2.75, 3.05) is 10.2 Å². The molecular weight excluding hydrogens is 427 g/mol. The van der Waals surface area contributed by atoms with Gasteiger partial charge in [0.25, 0.3) is 5.91 Å². The van der Waals surface area contributed by atoms with Crippen LogP contribution in [0.15, 0.2) is 59.4 Å². The summed E-state index contributed by atoms with van der Waals surface area (Å²) in [4.78, 5) is 15.5. The van der Waals surface area contributed by atoms with Gasteiger partial charge >= 0.3 is 0 Å². The molecule has 0 fully saturated rings. The maximum atomic E-state index is 13.7. The second kappa shape index (κ2) is 8.03. The lowest BCUT2D eigenvalue weighted by molar-refractivity contribution is -0.114. The molecule has 0 spiro atoms. The number of hydrogen-bond donors (Lipinski definition) is 1. The Labute approximate surface area is 194 Å². The zero-order chi connectivity index (χ0) is 22.5. The number of aryl methyl sites for hydroxylation is 2. The monoisotopic (exact) mass is 454 g/mol. The summed E-state index contributed by atoms with van der Waals surface area (Å²) in [5, 5.41) is 4.72. The van der Waals surface area contributed by atoms with Crippen LogP contribution < -0.4 is 10.2 Å². The first-order chi connectivity index (χ1) is 14.6. The maximum Gasteiger partial charge on any atom is 0.279 e. The Balaban J connectivity index is 1.79.